The summed E-state index contributed by atoms with van der Waals surface area (Å²) in [6.45, 7) is 6.34. The molecule has 0 N–H and O–H groups in total. The minimum absolute atomic E-state index is 0.0796. The van der Waals surface area contributed by atoms with Crippen molar-refractivity contribution in [3.05, 3.63) is 35.4 Å². The molecule has 0 saturated heterocycles. The molecule has 0 aliphatic heterocycles. The van der Waals surface area contributed by atoms with Crippen LogP contribution in [0.2, 0.25) is 0 Å². The molecule has 2 nitrogen and oxygen atoms in total. The third-order valence-corrected chi connectivity index (χ3v) is 4.86. The van der Waals surface area contributed by atoms with E-state index in [1.165, 1.54) is 18.2 Å². The van der Waals surface area contributed by atoms with Crippen molar-refractivity contribution in [2.75, 3.05) is 7.11 Å². The Labute approximate surface area is 109 Å². The molecule has 18 heavy (non-hydrogen) atoms. The zero-order valence-corrected chi connectivity index (χ0v) is 11.7. The molecule has 1 fully saturated rings. The van der Waals surface area contributed by atoms with Gasteiger partial charge in [0.05, 0.1) is 12.5 Å². The van der Waals surface area contributed by atoms with E-state index in [1.54, 1.807) is 0 Å². The summed E-state index contributed by atoms with van der Waals surface area (Å²) in [5.74, 6) is -0.0796. The molecule has 0 spiro atoms. The highest BCUT2D eigenvalue weighted by molar-refractivity contribution is 5.79. The number of carbonyl (C=O) groups is 1. The van der Waals surface area contributed by atoms with Gasteiger partial charge in [0, 0.05) is 5.41 Å². The van der Waals surface area contributed by atoms with Gasteiger partial charge in [-0.1, -0.05) is 43.2 Å². The Hall–Kier alpha value is -1.31. The Morgan fingerprint density at radius 3 is 2.61 bits per heavy atom. The van der Waals surface area contributed by atoms with Crippen molar-refractivity contribution in [2.24, 2.45) is 5.41 Å². The number of hydrogen-bond acceptors (Lipinski definition) is 2. The lowest BCUT2D eigenvalue weighted by Gasteiger charge is -2.39. The first-order chi connectivity index (χ1) is 8.44. The van der Waals surface area contributed by atoms with Gasteiger partial charge in [0.25, 0.3) is 0 Å². The fraction of sp³-hybridized carbons (Fsp3) is 0.562. The first-order valence-corrected chi connectivity index (χ1v) is 6.59. The van der Waals surface area contributed by atoms with E-state index in [1.807, 2.05) is 6.92 Å². The van der Waals surface area contributed by atoms with E-state index < -0.39 is 5.41 Å². The second kappa shape index (κ2) is 4.42. The van der Waals surface area contributed by atoms with Gasteiger partial charge in [-0.15, -0.1) is 0 Å². The van der Waals surface area contributed by atoms with Gasteiger partial charge in [-0.25, -0.2) is 0 Å². The standard InChI is InChI=1S/C16H22O2/c1-12-7-5-8-13(11-12)15(2)9-6-10-16(15,3)14(17)18-4/h5,7-8,11H,6,9-10H2,1-4H3/t15-,16-/m1/s1. The highest BCUT2D eigenvalue weighted by Gasteiger charge is 2.55. The van der Waals surface area contributed by atoms with Crippen LogP contribution in [0.15, 0.2) is 24.3 Å². The van der Waals surface area contributed by atoms with Crippen LogP contribution in [-0.2, 0) is 14.9 Å². The number of methoxy groups -OCH3 is 1. The number of ether oxygens (including phenoxy) is 1. The molecule has 0 aromatic heterocycles. The molecule has 0 bridgehead atoms. The number of benzene rings is 1. The van der Waals surface area contributed by atoms with Crippen molar-refractivity contribution in [2.45, 2.75) is 45.4 Å². The molecule has 0 unspecified atom stereocenters. The Kier molecular flexibility index (Phi) is 3.22. The van der Waals surface area contributed by atoms with Crippen LogP contribution in [0.4, 0.5) is 0 Å². The Balaban J connectivity index is 2.49. The molecule has 98 valence electrons. The van der Waals surface area contributed by atoms with Gasteiger partial charge in [-0.2, -0.15) is 0 Å². The first-order valence-electron chi connectivity index (χ1n) is 6.59. The third kappa shape index (κ3) is 1.75. The monoisotopic (exact) mass is 246 g/mol. The van der Waals surface area contributed by atoms with Crippen LogP contribution in [0.3, 0.4) is 0 Å². The van der Waals surface area contributed by atoms with Crippen LogP contribution >= 0.6 is 0 Å². The predicted octanol–water partition coefficient (Wildman–Crippen LogP) is 3.62. The summed E-state index contributed by atoms with van der Waals surface area (Å²) in [5, 5.41) is 0. The van der Waals surface area contributed by atoms with E-state index in [2.05, 4.69) is 38.1 Å². The fourth-order valence-corrected chi connectivity index (χ4v) is 3.35. The van der Waals surface area contributed by atoms with Crippen LogP contribution in [0.5, 0.6) is 0 Å². The normalized spacial score (nSPS) is 31.3. The minimum atomic E-state index is -0.407. The molecule has 0 heterocycles. The molecule has 1 aliphatic rings. The lowest BCUT2D eigenvalue weighted by Crippen LogP contribution is -2.43. The molecule has 0 radical (unpaired) electrons. The summed E-state index contributed by atoms with van der Waals surface area (Å²) in [4.78, 5) is 12.2. The van der Waals surface area contributed by atoms with Crippen LogP contribution < -0.4 is 0 Å². The maximum Gasteiger partial charge on any atom is 0.312 e. The fourth-order valence-electron chi connectivity index (χ4n) is 3.35. The molecule has 2 rings (SSSR count). The Bertz CT molecular complexity index is 466. The van der Waals surface area contributed by atoms with Crippen molar-refractivity contribution < 1.29 is 9.53 Å². The molecule has 2 heteroatoms. The van der Waals surface area contributed by atoms with Gasteiger partial charge in [0.15, 0.2) is 0 Å². The number of aryl methyl sites for hydroxylation is 1. The van der Waals surface area contributed by atoms with Gasteiger partial charge in [0.1, 0.15) is 0 Å². The quantitative estimate of drug-likeness (QED) is 0.745. The van der Waals surface area contributed by atoms with Gasteiger partial charge < -0.3 is 4.74 Å². The molecule has 0 amide bonds. The number of carbonyl (C=O) groups excluding carboxylic acids is 1. The Morgan fingerprint density at radius 1 is 1.28 bits per heavy atom. The second-order valence-corrected chi connectivity index (χ2v) is 5.88. The lowest BCUT2D eigenvalue weighted by atomic mass is 9.64. The molecular formula is C16H22O2. The summed E-state index contributed by atoms with van der Waals surface area (Å²) in [6.07, 6.45) is 3.03. The second-order valence-electron chi connectivity index (χ2n) is 5.88. The molecule has 1 aliphatic carbocycles. The summed E-state index contributed by atoms with van der Waals surface area (Å²) in [6, 6.07) is 8.51. The molecule has 2 atom stereocenters. The maximum atomic E-state index is 12.2. The van der Waals surface area contributed by atoms with Crippen molar-refractivity contribution in [3.63, 3.8) is 0 Å². The van der Waals surface area contributed by atoms with E-state index >= 15 is 0 Å². The van der Waals surface area contributed by atoms with Gasteiger partial charge >= 0.3 is 5.97 Å². The van der Waals surface area contributed by atoms with Crippen LogP contribution in [0, 0.1) is 12.3 Å². The van der Waals surface area contributed by atoms with E-state index in [0.29, 0.717) is 0 Å². The first kappa shape index (κ1) is 13.1. The number of rotatable bonds is 2. The van der Waals surface area contributed by atoms with Crippen LogP contribution in [-0.4, -0.2) is 13.1 Å². The van der Waals surface area contributed by atoms with Gasteiger partial charge in [-0.05, 0) is 32.3 Å². The molecule has 1 saturated carbocycles. The number of esters is 1. The average molecular weight is 246 g/mol. The lowest BCUT2D eigenvalue weighted by molar-refractivity contribution is -0.154. The summed E-state index contributed by atoms with van der Waals surface area (Å²) in [5.41, 5.74) is 1.97. The van der Waals surface area contributed by atoms with Crippen molar-refractivity contribution in [1.29, 1.82) is 0 Å². The Morgan fingerprint density at radius 2 is 2.00 bits per heavy atom. The zero-order chi connectivity index (χ0) is 13.4. The van der Waals surface area contributed by atoms with Crippen LogP contribution in [0.1, 0.15) is 44.2 Å². The van der Waals surface area contributed by atoms with Gasteiger partial charge in [0.2, 0.25) is 0 Å². The van der Waals surface area contributed by atoms with Crippen molar-refractivity contribution in [1.82, 2.24) is 0 Å². The average Bonchev–Trinajstić information content (AvgIpc) is 2.67. The molecule has 1 aromatic carbocycles. The van der Waals surface area contributed by atoms with Crippen molar-refractivity contribution >= 4 is 5.97 Å². The highest BCUT2D eigenvalue weighted by atomic mass is 16.5. The maximum absolute atomic E-state index is 12.2. The summed E-state index contributed by atoms with van der Waals surface area (Å²) < 4.78 is 5.05. The zero-order valence-electron chi connectivity index (χ0n) is 11.7. The van der Waals surface area contributed by atoms with E-state index in [0.717, 1.165) is 19.3 Å². The van der Waals surface area contributed by atoms with Crippen LogP contribution in [0.25, 0.3) is 0 Å². The number of hydrogen-bond donors (Lipinski definition) is 0. The largest absolute Gasteiger partial charge is 0.469 e. The predicted molar refractivity (Wildman–Crippen MR) is 72.5 cm³/mol. The molecular weight excluding hydrogens is 224 g/mol. The summed E-state index contributed by atoms with van der Waals surface area (Å²) >= 11 is 0. The van der Waals surface area contributed by atoms with E-state index in [4.69, 9.17) is 4.74 Å². The van der Waals surface area contributed by atoms with E-state index in [9.17, 15) is 4.79 Å². The SMILES string of the molecule is COC(=O)[C@@]1(C)CCC[C@]1(C)c1cccc(C)c1. The topological polar surface area (TPSA) is 26.3 Å². The minimum Gasteiger partial charge on any atom is -0.469 e. The van der Waals surface area contributed by atoms with E-state index in [-0.39, 0.29) is 11.4 Å². The highest BCUT2D eigenvalue weighted by Crippen LogP contribution is 2.54. The van der Waals surface area contributed by atoms with Crippen molar-refractivity contribution in [3.8, 4) is 0 Å². The molecule has 1 aromatic rings. The van der Waals surface area contributed by atoms with Gasteiger partial charge in [-0.3, -0.25) is 4.79 Å². The summed E-state index contributed by atoms with van der Waals surface area (Å²) in [7, 11) is 1.49. The smallest absolute Gasteiger partial charge is 0.312 e. The third-order valence-electron chi connectivity index (χ3n) is 4.86.